The van der Waals surface area contributed by atoms with Crippen LogP contribution in [0.25, 0.3) is 32.7 Å². The van der Waals surface area contributed by atoms with Crippen LogP contribution in [-0.2, 0) is 0 Å². The van der Waals surface area contributed by atoms with Gasteiger partial charge in [0.25, 0.3) is 0 Å². The molecule has 0 aromatic heterocycles. The quantitative estimate of drug-likeness (QED) is 0.107. The summed E-state index contributed by atoms with van der Waals surface area (Å²) in [4.78, 5) is 0. The molecular weight excluding hydrogens is 795 g/mol. The third-order valence-electron chi connectivity index (χ3n) is 7.63. The first kappa shape index (κ1) is 31.6. The maximum atomic E-state index is 11.2. The Kier molecular flexibility index (Phi) is 7.37. The average Bonchev–Trinajstić information content (AvgIpc) is 3.35. The molecule has 0 amide bonds. The van der Waals surface area contributed by atoms with Crippen LogP contribution in [-0.4, -0.2) is 5.11 Å². The Morgan fingerprint density at radius 3 is 1.38 bits per heavy atom. The van der Waals surface area contributed by atoms with E-state index in [-0.39, 0.29) is 63.2 Å². The van der Waals surface area contributed by atoms with E-state index >= 15 is 0 Å². The van der Waals surface area contributed by atoms with Crippen molar-refractivity contribution in [1.82, 2.24) is 0 Å². The van der Waals surface area contributed by atoms with Gasteiger partial charge in [-0.25, -0.2) is 0 Å². The van der Waals surface area contributed by atoms with E-state index in [1.807, 2.05) is 60.7 Å². The van der Waals surface area contributed by atoms with Crippen LogP contribution in [0.15, 0.2) is 72.8 Å². The Labute approximate surface area is 306 Å². The van der Waals surface area contributed by atoms with E-state index < -0.39 is 19.2 Å². The van der Waals surface area contributed by atoms with Gasteiger partial charge in [-0.1, -0.05) is 0 Å². The Balaban J connectivity index is 1.51. The van der Waals surface area contributed by atoms with Crippen molar-refractivity contribution >= 4 is 122 Å². The summed E-state index contributed by atoms with van der Waals surface area (Å²) >= 11 is 51.8. The number of halogens is 8. The van der Waals surface area contributed by atoms with Gasteiger partial charge in [-0.3, -0.25) is 0 Å². The van der Waals surface area contributed by atoms with Crippen molar-refractivity contribution in [3.8, 4) is 45.6 Å². The van der Waals surface area contributed by atoms with Crippen LogP contribution in [0.1, 0.15) is 0 Å². The molecule has 1 N–H and O–H groups in total. The minimum atomic E-state index is -5.80. The molecule has 0 aliphatic carbocycles. The van der Waals surface area contributed by atoms with E-state index in [0.29, 0.717) is 11.1 Å². The number of rotatable bonds is 2. The van der Waals surface area contributed by atoms with Crippen molar-refractivity contribution in [2.24, 2.45) is 0 Å². The predicted molar refractivity (Wildman–Crippen MR) is 192 cm³/mol. The van der Waals surface area contributed by atoms with Gasteiger partial charge >= 0.3 is 308 Å². The molecule has 0 unspecified atom stereocenters. The summed E-state index contributed by atoms with van der Waals surface area (Å²) in [6.07, 6.45) is 0. The second-order valence-corrected chi connectivity index (χ2v) is 15.8. The Bertz CT molecular complexity index is 2230. The van der Waals surface area contributed by atoms with Gasteiger partial charge < -0.3 is 0 Å². The molecule has 8 rings (SSSR count). The van der Waals surface area contributed by atoms with E-state index in [1.165, 1.54) is 0 Å². The van der Waals surface area contributed by atoms with Crippen LogP contribution in [0.4, 0.5) is 0 Å². The van der Waals surface area contributed by atoms with Gasteiger partial charge in [-0.05, 0) is 0 Å². The molecule has 0 bridgehead atoms. The SMILES string of the molecule is Oc1c(Cl)c(Cl)c(Cl)c(Cl)c1OP12(Oc3ccc4ccccc4c3-c3c(ccc4ccccc34)O1)Oc1c(Cl)c(Cl)c(Cl)c(Cl)c1O2. The Hall–Kier alpha value is -2.61. The maximum absolute atomic E-state index is 11.2. The molecule has 6 aromatic carbocycles. The van der Waals surface area contributed by atoms with Crippen LogP contribution >= 0.6 is 101 Å². The molecule has 2 heterocycles. The number of hydrogen-bond donors (Lipinski definition) is 1. The summed E-state index contributed by atoms with van der Waals surface area (Å²) in [5, 5.41) is 12.8. The first-order valence-electron chi connectivity index (χ1n) is 13.4. The molecule has 0 saturated heterocycles. The summed E-state index contributed by atoms with van der Waals surface area (Å²) in [5.41, 5.74) is 1.25. The van der Waals surface area contributed by atoms with Gasteiger partial charge in [0, 0.05) is 0 Å². The molecule has 2 aliphatic heterocycles. The normalized spacial score (nSPS) is 16.0. The molecule has 238 valence electrons. The second-order valence-electron chi connectivity index (χ2n) is 10.4. The first-order valence-corrected chi connectivity index (χ1v) is 18.2. The number of phenolic OH excluding ortho intramolecular Hbond substituents is 1. The summed E-state index contributed by atoms with van der Waals surface area (Å²) in [7, 11) is -5.80. The van der Waals surface area contributed by atoms with Crippen molar-refractivity contribution in [2.75, 3.05) is 0 Å². The fraction of sp³-hybridized carbons (Fsp3) is 0. The third-order valence-corrected chi connectivity index (χ3v) is 13.6. The van der Waals surface area contributed by atoms with E-state index in [0.717, 1.165) is 21.5 Å². The zero-order chi connectivity index (χ0) is 33.0. The number of phenols is 1. The molecule has 0 radical (unpaired) electrons. The predicted octanol–water partition coefficient (Wildman–Crippen LogP) is 14.0. The van der Waals surface area contributed by atoms with Crippen LogP contribution < -0.4 is 22.6 Å². The Morgan fingerprint density at radius 1 is 0.468 bits per heavy atom. The topological polar surface area (TPSA) is 66.4 Å². The summed E-state index contributed by atoms with van der Waals surface area (Å²) in [5.74, 6) is -1.26. The van der Waals surface area contributed by atoms with Crippen LogP contribution in [0.3, 0.4) is 0 Å². The van der Waals surface area contributed by atoms with Crippen LogP contribution in [0.5, 0.6) is 34.5 Å². The molecule has 47 heavy (non-hydrogen) atoms. The average molecular weight is 808 g/mol. The van der Waals surface area contributed by atoms with Gasteiger partial charge in [0.05, 0.1) is 0 Å². The number of fused-ring (bicyclic) bond motifs is 8. The van der Waals surface area contributed by atoms with Gasteiger partial charge in [-0.15, -0.1) is 0 Å². The van der Waals surface area contributed by atoms with Crippen molar-refractivity contribution < 1.29 is 27.7 Å². The van der Waals surface area contributed by atoms with Crippen molar-refractivity contribution in [2.45, 2.75) is 0 Å². The molecule has 6 aromatic rings. The first-order chi connectivity index (χ1) is 22.4. The van der Waals surface area contributed by atoms with Crippen molar-refractivity contribution in [3.63, 3.8) is 0 Å². The minimum absolute atomic E-state index is 0.134. The number of hydrogen-bond acceptors (Lipinski definition) is 6. The zero-order valence-corrected chi connectivity index (χ0v) is 29.8. The van der Waals surface area contributed by atoms with Crippen molar-refractivity contribution in [3.05, 3.63) is 113 Å². The molecular formula is C32H13Cl8O6P. The van der Waals surface area contributed by atoms with Gasteiger partial charge in [0.2, 0.25) is 0 Å². The molecule has 0 atom stereocenters. The molecule has 0 fully saturated rings. The Morgan fingerprint density at radius 2 is 0.894 bits per heavy atom. The summed E-state index contributed by atoms with van der Waals surface area (Å²) in [6, 6.07) is 22.5. The molecule has 0 saturated carbocycles. The number of benzene rings is 6. The van der Waals surface area contributed by atoms with E-state index in [4.69, 9.17) is 115 Å². The molecule has 15 heteroatoms. The molecule has 2 aliphatic rings. The second kappa shape index (κ2) is 10.9. The van der Waals surface area contributed by atoms with Gasteiger partial charge in [0.15, 0.2) is 0 Å². The monoisotopic (exact) mass is 804 g/mol. The van der Waals surface area contributed by atoms with Crippen LogP contribution in [0, 0.1) is 0 Å². The fourth-order valence-electron chi connectivity index (χ4n) is 5.56. The third kappa shape index (κ3) is 4.58. The summed E-state index contributed by atoms with van der Waals surface area (Å²) in [6.45, 7) is 0. The summed E-state index contributed by atoms with van der Waals surface area (Å²) < 4.78 is 33.1. The number of aromatic hydroxyl groups is 1. The molecule has 6 nitrogen and oxygen atoms in total. The fourth-order valence-corrected chi connectivity index (χ4v) is 10.2. The standard InChI is InChI=1S/C32H13Cl8O6P/c33-21-22(34)26(38)30(29(41)25(21)37)44-47(45-31-27(39)23(35)24(36)28(40)32(31)46-47)42-17-11-9-13-5-1-3-7-15(13)19(17)20-16-8-4-2-6-14(16)10-12-18(20)43-47/h1-12,41H. The zero-order valence-electron chi connectivity index (χ0n) is 22.9. The van der Waals surface area contributed by atoms with Crippen LogP contribution in [0.2, 0.25) is 40.2 Å². The van der Waals surface area contributed by atoms with E-state index in [9.17, 15) is 5.11 Å². The van der Waals surface area contributed by atoms with Gasteiger partial charge in [0.1, 0.15) is 0 Å². The van der Waals surface area contributed by atoms with Crippen molar-refractivity contribution in [1.29, 1.82) is 0 Å². The van der Waals surface area contributed by atoms with Gasteiger partial charge in [-0.2, -0.15) is 0 Å². The molecule has 1 spiro atoms. The van der Waals surface area contributed by atoms with E-state index in [2.05, 4.69) is 0 Å². The van der Waals surface area contributed by atoms with E-state index in [1.54, 1.807) is 12.1 Å².